The van der Waals surface area contributed by atoms with Crippen molar-refractivity contribution in [3.63, 3.8) is 0 Å². The molecule has 0 aliphatic carbocycles. The number of guanidine groups is 1. The molecular weight excluding hydrogens is 312 g/mol. The van der Waals surface area contributed by atoms with Crippen LogP contribution in [-0.2, 0) is 13.0 Å². The molecule has 1 aromatic carbocycles. The van der Waals surface area contributed by atoms with Crippen molar-refractivity contribution in [2.45, 2.75) is 25.8 Å². The molecule has 0 aliphatic heterocycles. The smallest absolute Gasteiger partial charge is 0.190 e. The van der Waals surface area contributed by atoms with Crippen LogP contribution < -0.4 is 15.5 Å². The van der Waals surface area contributed by atoms with Gasteiger partial charge in [-0.2, -0.15) is 5.10 Å². The predicted octanol–water partition coefficient (Wildman–Crippen LogP) is 2.14. The Morgan fingerprint density at radius 3 is 2.44 bits per heavy atom. The largest absolute Gasteiger partial charge is 0.378 e. The highest BCUT2D eigenvalue weighted by atomic mass is 15.3. The van der Waals surface area contributed by atoms with E-state index in [1.807, 2.05) is 30.2 Å². The molecule has 0 radical (unpaired) electrons. The highest BCUT2D eigenvalue weighted by Crippen LogP contribution is 2.13. The zero-order chi connectivity index (χ0) is 17.9. The molecule has 2 N–H and O–H groups in total. The average Bonchev–Trinajstić information content (AvgIpc) is 3.14. The van der Waals surface area contributed by atoms with Gasteiger partial charge in [0.2, 0.25) is 0 Å². The van der Waals surface area contributed by atoms with E-state index in [1.165, 1.54) is 11.3 Å². The summed E-state index contributed by atoms with van der Waals surface area (Å²) >= 11 is 0. The van der Waals surface area contributed by atoms with E-state index in [1.54, 1.807) is 0 Å². The summed E-state index contributed by atoms with van der Waals surface area (Å²) in [6.07, 6.45) is 6.95. The standard InChI is InChI=1S/C19H30N6/c1-20-19(22-13-5-15-25-16-6-14-23-25)21-12-4-7-17-8-10-18(11-9-17)24(2)3/h6,8-11,14,16H,4-5,7,12-13,15H2,1-3H3,(H2,20,21,22). The average molecular weight is 342 g/mol. The lowest BCUT2D eigenvalue weighted by molar-refractivity contribution is 0.570. The van der Waals surface area contributed by atoms with Crippen molar-refractivity contribution >= 4 is 11.6 Å². The van der Waals surface area contributed by atoms with Gasteiger partial charge >= 0.3 is 0 Å². The molecule has 0 saturated heterocycles. The summed E-state index contributed by atoms with van der Waals surface area (Å²) in [5.74, 6) is 0.864. The highest BCUT2D eigenvalue weighted by molar-refractivity contribution is 5.79. The number of nitrogens with zero attached hydrogens (tertiary/aromatic N) is 4. The van der Waals surface area contributed by atoms with E-state index in [-0.39, 0.29) is 0 Å². The van der Waals surface area contributed by atoms with Crippen molar-refractivity contribution in [1.29, 1.82) is 0 Å². The maximum Gasteiger partial charge on any atom is 0.190 e. The lowest BCUT2D eigenvalue weighted by Crippen LogP contribution is -2.38. The topological polar surface area (TPSA) is 57.5 Å². The van der Waals surface area contributed by atoms with E-state index in [0.717, 1.165) is 44.9 Å². The van der Waals surface area contributed by atoms with E-state index in [2.05, 4.69) is 64.0 Å². The van der Waals surface area contributed by atoms with Crippen LogP contribution in [0.4, 0.5) is 5.69 Å². The maximum absolute atomic E-state index is 4.26. The van der Waals surface area contributed by atoms with Gasteiger partial charge in [0.1, 0.15) is 0 Å². The Balaban J connectivity index is 1.59. The van der Waals surface area contributed by atoms with Gasteiger partial charge in [0.25, 0.3) is 0 Å². The fourth-order valence-electron chi connectivity index (χ4n) is 2.56. The number of aromatic nitrogens is 2. The van der Waals surface area contributed by atoms with Gasteiger partial charge in [-0.05, 0) is 43.0 Å². The zero-order valence-electron chi connectivity index (χ0n) is 15.6. The fraction of sp³-hybridized carbons (Fsp3) is 0.474. The van der Waals surface area contributed by atoms with E-state index < -0.39 is 0 Å². The molecule has 0 atom stereocenters. The minimum absolute atomic E-state index is 0.864. The Morgan fingerprint density at radius 1 is 1.12 bits per heavy atom. The molecule has 0 aliphatic rings. The molecule has 6 nitrogen and oxygen atoms in total. The molecule has 0 saturated carbocycles. The first-order valence-electron chi connectivity index (χ1n) is 8.87. The van der Waals surface area contributed by atoms with Crippen molar-refractivity contribution in [1.82, 2.24) is 20.4 Å². The molecule has 136 valence electrons. The van der Waals surface area contributed by atoms with Crippen molar-refractivity contribution < 1.29 is 0 Å². The van der Waals surface area contributed by atoms with Gasteiger partial charge in [-0.3, -0.25) is 9.67 Å². The zero-order valence-corrected chi connectivity index (χ0v) is 15.6. The SMILES string of the molecule is CN=C(NCCCc1ccc(N(C)C)cc1)NCCCn1cccn1. The third-order valence-corrected chi connectivity index (χ3v) is 4.03. The van der Waals surface area contributed by atoms with E-state index >= 15 is 0 Å². The van der Waals surface area contributed by atoms with Crippen LogP contribution in [0.1, 0.15) is 18.4 Å². The van der Waals surface area contributed by atoms with Crippen molar-refractivity contribution in [3.8, 4) is 0 Å². The van der Waals surface area contributed by atoms with Crippen LogP contribution in [0.2, 0.25) is 0 Å². The second kappa shape index (κ2) is 10.4. The summed E-state index contributed by atoms with van der Waals surface area (Å²) < 4.78 is 1.94. The van der Waals surface area contributed by atoms with Crippen LogP contribution in [0.3, 0.4) is 0 Å². The fourth-order valence-corrected chi connectivity index (χ4v) is 2.56. The Hall–Kier alpha value is -2.50. The molecule has 0 bridgehead atoms. The number of nitrogens with one attached hydrogen (secondary N) is 2. The highest BCUT2D eigenvalue weighted by Gasteiger charge is 1.99. The number of rotatable bonds is 9. The van der Waals surface area contributed by atoms with Crippen molar-refractivity contribution in [2.75, 3.05) is 39.1 Å². The normalized spacial score (nSPS) is 11.4. The number of hydrogen-bond acceptors (Lipinski definition) is 3. The summed E-state index contributed by atoms with van der Waals surface area (Å²) in [5, 5.41) is 10.9. The third-order valence-electron chi connectivity index (χ3n) is 4.03. The van der Waals surface area contributed by atoms with Crippen LogP contribution in [0.5, 0.6) is 0 Å². The first-order valence-corrected chi connectivity index (χ1v) is 8.87. The lowest BCUT2D eigenvalue weighted by atomic mass is 10.1. The molecule has 0 unspecified atom stereocenters. The number of hydrogen-bond donors (Lipinski definition) is 2. The van der Waals surface area contributed by atoms with Gasteiger partial charge in [-0.25, -0.2) is 0 Å². The van der Waals surface area contributed by atoms with Gasteiger partial charge < -0.3 is 15.5 Å². The molecule has 1 heterocycles. The van der Waals surface area contributed by atoms with E-state index in [0.29, 0.717) is 0 Å². The second-order valence-electron chi connectivity index (χ2n) is 6.21. The number of benzene rings is 1. The first kappa shape index (κ1) is 18.8. The number of anilines is 1. The van der Waals surface area contributed by atoms with E-state index in [9.17, 15) is 0 Å². The number of aryl methyl sites for hydroxylation is 2. The minimum atomic E-state index is 0.864. The molecule has 2 aromatic rings. The molecule has 1 aromatic heterocycles. The van der Waals surface area contributed by atoms with Crippen molar-refractivity contribution in [2.24, 2.45) is 4.99 Å². The summed E-state index contributed by atoms with van der Waals surface area (Å²) in [4.78, 5) is 6.38. The Bertz CT molecular complexity index is 616. The maximum atomic E-state index is 4.26. The van der Waals surface area contributed by atoms with E-state index in [4.69, 9.17) is 0 Å². The molecule has 0 spiro atoms. The minimum Gasteiger partial charge on any atom is -0.378 e. The molecule has 0 amide bonds. The summed E-state index contributed by atoms with van der Waals surface area (Å²) in [6.45, 7) is 2.71. The van der Waals surface area contributed by atoms with Gasteiger partial charge in [-0.1, -0.05) is 12.1 Å². The lowest BCUT2D eigenvalue weighted by Gasteiger charge is -2.13. The molecular formula is C19H30N6. The van der Waals surface area contributed by atoms with Gasteiger partial charge in [0.05, 0.1) is 0 Å². The molecule has 0 fully saturated rings. The van der Waals surface area contributed by atoms with Crippen LogP contribution >= 0.6 is 0 Å². The summed E-state index contributed by atoms with van der Waals surface area (Å²) in [6, 6.07) is 10.7. The van der Waals surface area contributed by atoms with Gasteiger partial charge in [-0.15, -0.1) is 0 Å². The van der Waals surface area contributed by atoms with Crippen LogP contribution in [0, 0.1) is 0 Å². The summed E-state index contributed by atoms with van der Waals surface area (Å²) in [5.41, 5.74) is 2.61. The third kappa shape index (κ3) is 6.87. The van der Waals surface area contributed by atoms with Gasteiger partial charge in [0.15, 0.2) is 5.96 Å². The molecule has 2 rings (SSSR count). The van der Waals surface area contributed by atoms with Gasteiger partial charge in [0, 0.05) is 58.9 Å². The Labute approximate surface area is 151 Å². The second-order valence-corrected chi connectivity index (χ2v) is 6.21. The quantitative estimate of drug-likeness (QED) is 0.416. The van der Waals surface area contributed by atoms with Crippen LogP contribution in [0.15, 0.2) is 47.7 Å². The summed E-state index contributed by atoms with van der Waals surface area (Å²) in [7, 11) is 5.93. The van der Waals surface area contributed by atoms with Crippen LogP contribution in [0.25, 0.3) is 0 Å². The van der Waals surface area contributed by atoms with Crippen LogP contribution in [-0.4, -0.2) is 50.0 Å². The predicted molar refractivity (Wildman–Crippen MR) is 105 cm³/mol. The number of aliphatic imine (C=N–C) groups is 1. The monoisotopic (exact) mass is 342 g/mol. The van der Waals surface area contributed by atoms with Crippen molar-refractivity contribution in [3.05, 3.63) is 48.3 Å². The molecule has 6 heteroatoms. The Morgan fingerprint density at radius 2 is 1.84 bits per heavy atom. The Kier molecular flexibility index (Phi) is 7.82. The molecule has 25 heavy (non-hydrogen) atoms. The first-order chi connectivity index (χ1) is 12.2.